The molecule has 16 heavy (non-hydrogen) atoms. The Bertz CT molecular complexity index is 524. The summed E-state index contributed by atoms with van der Waals surface area (Å²) in [5.41, 5.74) is 0.710. The molecule has 0 aliphatic rings. The van der Waals surface area contributed by atoms with Gasteiger partial charge in [0.1, 0.15) is 0 Å². The van der Waals surface area contributed by atoms with Crippen molar-refractivity contribution in [2.75, 3.05) is 18.9 Å². The molecule has 0 bridgehead atoms. The number of amides is 1. The largest absolute Gasteiger partial charge is 0.358 e. The average molecular weight is 284 g/mol. The third-order valence-electron chi connectivity index (χ3n) is 2.00. The lowest BCUT2D eigenvalue weighted by Crippen LogP contribution is -2.26. The van der Waals surface area contributed by atoms with Crippen LogP contribution in [0.2, 0.25) is 0 Å². The molecule has 1 amide bonds. The number of nitrogens with zero attached hydrogens (tertiary/aromatic N) is 3. The third kappa shape index (κ3) is 2.13. The van der Waals surface area contributed by atoms with Crippen LogP contribution in [-0.4, -0.2) is 34.1 Å². The molecule has 0 unspecified atom stereocenters. The molecule has 2 rings (SSSR count). The summed E-state index contributed by atoms with van der Waals surface area (Å²) >= 11 is 3.37. The maximum absolute atomic E-state index is 11.0. The first-order valence-electron chi connectivity index (χ1n) is 4.66. The maximum atomic E-state index is 11.0. The summed E-state index contributed by atoms with van der Waals surface area (Å²) in [6, 6.07) is 3.74. The Labute approximate surface area is 100 Å². The number of halogens is 1. The van der Waals surface area contributed by atoms with Gasteiger partial charge in [0.15, 0.2) is 5.65 Å². The van der Waals surface area contributed by atoms with Crippen molar-refractivity contribution in [1.29, 1.82) is 0 Å². The Kier molecular flexibility index (Phi) is 3.04. The number of carbonyl (C=O) groups excluding carboxylic acids is 1. The van der Waals surface area contributed by atoms with E-state index in [0.29, 0.717) is 11.6 Å². The summed E-state index contributed by atoms with van der Waals surface area (Å²) in [7, 11) is 1.58. The summed E-state index contributed by atoms with van der Waals surface area (Å²) in [6.07, 6.45) is 1.79. The highest BCUT2D eigenvalue weighted by Gasteiger charge is 2.06. The predicted molar refractivity (Wildman–Crippen MR) is 63.2 cm³/mol. The van der Waals surface area contributed by atoms with Gasteiger partial charge in [-0.15, -0.1) is 5.10 Å². The molecule has 0 saturated heterocycles. The molecular formula is C9H10BrN5O. The van der Waals surface area contributed by atoms with E-state index in [-0.39, 0.29) is 12.5 Å². The highest BCUT2D eigenvalue weighted by Crippen LogP contribution is 2.16. The highest BCUT2D eigenvalue weighted by molar-refractivity contribution is 9.10. The first-order chi connectivity index (χ1) is 7.70. The molecule has 0 radical (unpaired) electrons. The molecule has 0 aliphatic carbocycles. The SMILES string of the molecule is CNC(=O)CNc1nc2c(Br)cccn2n1. The van der Waals surface area contributed by atoms with E-state index in [1.54, 1.807) is 17.8 Å². The molecule has 2 aromatic heterocycles. The number of aromatic nitrogens is 3. The van der Waals surface area contributed by atoms with E-state index in [1.807, 2.05) is 12.1 Å². The van der Waals surface area contributed by atoms with Crippen LogP contribution in [0, 0.1) is 0 Å². The molecule has 6 nitrogen and oxygen atoms in total. The Morgan fingerprint density at radius 2 is 2.44 bits per heavy atom. The fourth-order valence-electron chi connectivity index (χ4n) is 1.20. The molecule has 2 N–H and O–H groups in total. The van der Waals surface area contributed by atoms with E-state index in [1.165, 1.54) is 0 Å². The van der Waals surface area contributed by atoms with Crippen LogP contribution in [0.5, 0.6) is 0 Å². The fourth-order valence-corrected chi connectivity index (χ4v) is 1.62. The van der Waals surface area contributed by atoms with Crippen LogP contribution in [0.1, 0.15) is 0 Å². The number of likely N-dealkylation sites (N-methyl/N-ethyl adjacent to an activating group) is 1. The molecule has 2 aromatic rings. The van der Waals surface area contributed by atoms with Crippen LogP contribution in [0.15, 0.2) is 22.8 Å². The van der Waals surface area contributed by atoms with Gasteiger partial charge >= 0.3 is 0 Å². The maximum Gasteiger partial charge on any atom is 0.243 e. The number of pyridine rings is 1. The lowest BCUT2D eigenvalue weighted by molar-refractivity contribution is -0.118. The molecule has 0 aromatic carbocycles. The lowest BCUT2D eigenvalue weighted by atomic mass is 10.5. The summed E-state index contributed by atoms with van der Waals surface area (Å²) in [6.45, 7) is 0.158. The van der Waals surface area contributed by atoms with Crippen molar-refractivity contribution >= 4 is 33.4 Å². The van der Waals surface area contributed by atoms with Gasteiger partial charge in [0.25, 0.3) is 0 Å². The molecule has 7 heteroatoms. The summed E-state index contributed by atoms with van der Waals surface area (Å²) in [5.74, 6) is 0.313. The minimum Gasteiger partial charge on any atom is -0.358 e. The Morgan fingerprint density at radius 1 is 1.62 bits per heavy atom. The zero-order valence-corrected chi connectivity index (χ0v) is 10.2. The van der Waals surface area contributed by atoms with Gasteiger partial charge in [-0.25, -0.2) is 4.52 Å². The van der Waals surface area contributed by atoms with Crippen LogP contribution in [0.25, 0.3) is 5.65 Å². The second-order valence-electron chi connectivity index (χ2n) is 3.09. The summed E-state index contributed by atoms with van der Waals surface area (Å²) < 4.78 is 2.49. The third-order valence-corrected chi connectivity index (χ3v) is 2.62. The number of nitrogens with one attached hydrogen (secondary N) is 2. The number of hydrogen-bond donors (Lipinski definition) is 2. The van der Waals surface area contributed by atoms with Crippen LogP contribution in [0.3, 0.4) is 0 Å². The summed E-state index contributed by atoms with van der Waals surface area (Å²) in [4.78, 5) is 15.3. The molecule has 0 aliphatic heterocycles. The van der Waals surface area contributed by atoms with Crippen molar-refractivity contribution in [2.24, 2.45) is 0 Å². The van der Waals surface area contributed by atoms with Gasteiger partial charge in [-0.05, 0) is 28.1 Å². The minimum absolute atomic E-state index is 0.113. The zero-order valence-electron chi connectivity index (χ0n) is 8.57. The van der Waals surface area contributed by atoms with E-state index in [4.69, 9.17) is 0 Å². The standard InChI is InChI=1S/C9H10BrN5O/c1-11-7(16)5-12-9-13-8-6(10)3-2-4-15(8)14-9/h2-4H,5H2,1H3,(H,11,16)(H,12,14). The number of fused-ring (bicyclic) bond motifs is 1. The molecule has 2 heterocycles. The van der Waals surface area contributed by atoms with Gasteiger partial charge in [-0.3, -0.25) is 4.79 Å². The highest BCUT2D eigenvalue weighted by atomic mass is 79.9. The van der Waals surface area contributed by atoms with E-state index in [9.17, 15) is 4.79 Å². The number of rotatable bonds is 3. The van der Waals surface area contributed by atoms with E-state index in [0.717, 1.165) is 4.47 Å². The quantitative estimate of drug-likeness (QED) is 0.868. The molecule has 0 spiro atoms. The van der Waals surface area contributed by atoms with Crippen molar-refractivity contribution in [1.82, 2.24) is 19.9 Å². The molecule has 0 atom stereocenters. The van der Waals surface area contributed by atoms with Crippen LogP contribution in [0.4, 0.5) is 5.95 Å². The van der Waals surface area contributed by atoms with E-state index >= 15 is 0 Å². The normalized spacial score (nSPS) is 10.4. The number of carbonyl (C=O) groups is 1. The monoisotopic (exact) mass is 283 g/mol. The smallest absolute Gasteiger partial charge is 0.243 e. The first kappa shape index (κ1) is 10.9. The second-order valence-corrected chi connectivity index (χ2v) is 3.94. The van der Waals surface area contributed by atoms with Crippen LogP contribution in [-0.2, 0) is 4.79 Å². The lowest BCUT2D eigenvalue weighted by Gasteiger charge is -1.98. The summed E-state index contributed by atoms with van der Waals surface area (Å²) in [5, 5.41) is 9.51. The van der Waals surface area contributed by atoms with Crippen molar-refractivity contribution in [3.05, 3.63) is 22.8 Å². The minimum atomic E-state index is -0.113. The molecule has 84 valence electrons. The van der Waals surface area contributed by atoms with Crippen molar-refractivity contribution < 1.29 is 4.79 Å². The fraction of sp³-hybridized carbons (Fsp3) is 0.222. The van der Waals surface area contributed by atoms with E-state index < -0.39 is 0 Å². The average Bonchev–Trinajstić information content (AvgIpc) is 2.70. The molecule has 0 saturated carbocycles. The number of hydrogen-bond acceptors (Lipinski definition) is 4. The van der Waals surface area contributed by atoms with Gasteiger partial charge < -0.3 is 10.6 Å². The first-order valence-corrected chi connectivity index (χ1v) is 5.45. The van der Waals surface area contributed by atoms with Crippen molar-refractivity contribution in [3.8, 4) is 0 Å². The molecular weight excluding hydrogens is 274 g/mol. The van der Waals surface area contributed by atoms with Crippen LogP contribution < -0.4 is 10.6 Å². The Morgan fingerprint density at radius 3 is 3.12 bits per heavy atom. The van der Waals surface area contributed by atoms with Gasteiger partial charge in [0.2, 0.25) is 11.9 Å². The Balaban J connectivity index is 2.20. The Hall–Kier alpha value is -1.63. The second kappa shape index (κ2) is 4.48. The van der Waals surface area contributed by atoms with E-state index in [2.05, 4.69) is 36.6 Å². The van der Waals surface area contributed by atoms with Gasteiger partial charge in [0.05, 0.1) is 11.0 Å². The van der Waals surface area contributed by atoms with Crippen molar-refractivity contribution in [3.63, 3.8) is 0 Å². The van der Waals surface area contributed by atoms with Gasteiger partial charge in [-0.2, -0.15) is 4.98 Å². The van der Waals surface area contributed by atoms with Crippen molar-refractivity contribution in [2.45, 2.75) is 0 Å². The zero-order chi connectivity index (χ0) is 11.5. The topological polar surface area (TPSA) is 71.3 Å². The number of anilines is 1. The van der Waals surface area contributed by atoms with Gasteiger partial charge in [0, 0.05) is 13.2 Å². The molecule has 0 fully saturated rings. The van der Waals surface area contributed by atoms with Crippen LogP contribution >= 0.6 is 15.9 Å². The van der Waals surface area contributed by atoms with Gasteiger partial charge in [-0.1, -0.05) is 0 Å². The predicted octanol–water partition coefficient (Wildman–Crippen LogP) is 0.650.